The molecule has 15 heteroatoms. The van der Waals surface area contributed by atoms with Gasteiger partial charge in [-0.1, -0.05) is 19.9 Å². The van der Waals surface area contributed by atoms with Crippen molar-refractivity contribution >= 4 is 41.4 Å². The Hall–Kier alpha value is -0.615. The first-order valence-corrected chi connectivity index (χ1v) is 16.8. The molecule has 243 valence electrons. The van der Waals surface area contributed by atoms with Gasteiger partial charge in [0.15, 0.2) is 0 Å². The summed E-state index contributed by atoms with van der Waals surface area (Å²) in [6.07, 6.45) is 0. The third-order valence-corrected chi connectivity index (χ3v) is 8.69. The number of rotatable bonds is 17. The van der Waals surface area contributed by atoms with Crippen molar-refractivity contribution in [3.05, 3.63) is 29.6 Å². The second-order valence-electron chi connectivity index (χ2n) is 10.2. The summed E-state index contributed by atoms with van der Waals surface area (Å²) in [5.41, 5.74) is 1.88. The van der Waals surface area contributed by atoms with Crippen molar-refractivity contribution in [3.8, 4) is 0 Å². The van der Waals surface area contributed by atoms with Gasteiger partial charge in [-0.15, -0.1) is 11.8 Å². The molecule has 1 fully saturated rings. The molecule has 1 aromatic rings. The minimum atomic E-state index is -1.24. The van der Waals surface area contributed by atoms with Crippen molar-refractivity contribution in [2.75, 3.05) is 102 Å². The van der Waals surface area contributed by atoms with Gasteiger partial charge in [0.1, 0.15) is 0 Å². The number of thioether (sulfide) groups is 2. The van der Waals surface area contributed by atoms with Gasteiger partial charge in [0.05, 0.1) is 29.3 Å². The Labute approximate surface area is 296 Å². The first-order chi connectivity index (χ1) is 20.2. The molecule has 2 heterocycles. The predicted molar refractivity (Wildman–Crippen MR) is 160 cm³/mol. The van der Waals surface area contributed by atoms with E-state index in [4.69, 9.17) is 4.98 Å². The predicted octanol–water partition coefficient (Wildman–Crippen LogP) is -2.68. The van der Waals surface area contributed by atoms with Gasteiger partial charge >= 0.3 is 39.9 Å². The summed E-state index contributed by atoms with van der Waals surface area (Å²) in [5.74, 6) is 0.532. The minimum Gasteiger partial charge on any atom is -0.549 e. The SMILES string of the molecule is CCSCCN(CSCC)Cc1cccc(CN2CCN(CC(=O)[O-])CCN(CC(=O)[O-])CCN(CC(=O)[O-])CC2)n1.[Gd+3]. The smallest absolute Gasteiger partial charge is 0.549 e. The first kappa shape index (κ1) is 40.4. The number of aromatic nitrogens is 1. The maximum absolute atomic E-state index is 11.4. The summed E-state index contributed by atoms with van der Waals surface area (Å²) in [4.78, 5) is 48.7. The monoisotopic (exact) mass is 783 g/mol. The molecule has 43 heavy (non-hydrogen) atoms. The van der Waals surface area contributed by atoms with Crippen molar-refractivity contribution in [2.45, 2.75) is 26.9 Å². The number of aliphatic carboxylic acids is 3. The molecule has 1 aliphatic heterocycles. The van der Waals surface area contributed by atoms with Crippen LogP contribution >= 0.6 is 23.5 Å². The van der Waals surface area contributed by atoms with E-state index < -0.39 is 17.9 Å². The average Bonchev–Trinajstić information content (AvgIpc) is 2.92. The van der Waals surface area contributed by atoms with Crippen LogP contribution in [0.1, 0.15) is 25.2 Å². The van der Waals surface area contributed by atoms with Gasteiger partial charge in [-0.3, -0.25) is 29.5 Å². The van der Waals surface area contributed by atoms with E-state index in [1.54, 1.807) is 14.7 Å². The maximum atomic E-state index is 11.4. The zero-order valence-electron chi connectivity index (χ0n) is 25.3. The molecule has 12 nitrogen and oxygen atoms in total. The van der Waals surface area contributed by atoms with Crippen LogP contribution in [0.15, 0.2) is 18.2 Å². The van der Waals surface area contributed by atoms with E-state index in [1.165, 1.54) is 0 Å². The number of pyridine rings is 1. The largest absolute Gasteiger partial charge is 3.00 e. The number of carbonyl (C=O) groups excluding carboxylic acids is 3. The van der Waals surface area contributed by atoms with Crippen LogP contribution in [-0.4, -0.2) is 149 Å². The molecule has 0 unspecified atom stereocenters. The molecule has 0 aliphatic carbocycles. The molecule has 0 spiro atoms. The van der Waals surface area contributed by atoms with Crippen LogP contribution in [0.3, 0.4) is 0 Å². The van der Waals surface area contributed by atoms with Crippen LogP contribution in [-0.2, 0) is 27.5 Å². The van der Waals surface area contributed by atoms with E-state index >= 15 is 0 Å². The molecular weight excluding hydrogens is 738 g/mol. The van der Waals surface area contributed by atoms with E-state index in [0.717, 1.165) is 47.6 Å². The fraction of sp³-hybridized carbons (Fsp3) is 0.714. The number of nitrogens with zero attached hydrogens (tertiary/aromatic N) is 6. The van der Waals surface area contributed by atoms with Crippen molar-refractivity contribution in [1.29, 1.82) is 0 Å². The number of carboxylic acid groups (broad SMARTS) is 3. The summed E-state index contributed by atoms with van der Waals surface area (Å²) in [5, 5.41) is 34.1. The van der Waals surface area contributed by atoms with Crippen LogP contribution in [0.4, 0.5) is 0 Å². The number of hydrogen-bond acceptors (Lipinski definition) is 14. The van der Waals surface area contributed by atoms with E-state index in [0.29, 0.717) is 58.9 Å². The van der Waals surface area contributed by atoms with Crippen LogP contribution in [0, 0.1) is 39.9 Å². The molecule has 0 saturated carbocycles. The first-order valence-electron chi connectivity index (χ1n) is 14.5. The standard InChI is InChI=1S/C28H48N6O6S2.Gd/c1-3-41-17-16-34(23-42-4-2)19-25-7-5-6-24(29-25)18-30-8-10-31(20-26(35)36)12-14-33(22-28(39)40)15-13-32(11-9-30)21-27(37)38;/h5-7H,3-4,8-23H2,1-2H3,(H,35,36)(H,37,38)(H,39,40);/q;+3/p-3. The van der Waals surface area contributed by atoms with Crippen molar-refractivity contribution in [3.63, 3.8) is 0 Å². The molecule has 0 amide bonds. The third kappa shape index (κ3) is 18.8. The van der Waals surface area contributed by atoms with Gasteiger partial charge < -0.3 is 29.7 Å². The second kappa shape index (κ2) is 23.7. The Morgan fingerprint density at radius 1 is 0.744 bits per heavy atom. The normalized spacial score (nSPS) is 16.7. The van der Waals surface area contributed by atoms with Crippen LogP contribution in [0.25, 0.3) is 0 Å². The Morgan fingerprint density at radius 3 is 1.63 bits per heavy atom. The summed E-state index contributed by atoms with van der Waals surface area (Å²) < 4.78 is 0. The van der Waals surface area contributed by atoms with Crippen LogP contribution < -0.4 is 15.3 Å². The number of carbonyl (C=O) groups is 3. The molecule has 0 aromatic carbocycles. The van der Waals surface area contributed by atoms with Crippen molar-refractivity contribution in [2.24, 2.45) is 0 Å². The second-order valence-corrected chi connectivity index (χ2v) is 12.8. The van der Waals surface area contributed by atoms with Gasteiger partial charge in [0, 0.05) is 103 Å². The minimum absolute atomic E-state index is 0. The van der Waals surface area contributed by atoms with E-state index in [2.05, 4.69) is 23.6 Å². The molecule has 1 aliphatic rings. The molecule has 1 saturated heterocycles. The molecule has 2 rings (SSSR count). The van der Waals surface area contributed by atoms with E-state index in [9.17, 15) is 29.7 Å². The fourth-order valence-electron chi connectivity index (χ4n) is 4.67. The van der Waals surface area contributed by atoms with Crippen LogP contribution in [0.5, 0.6) is 0 Å². The van der Waals surface area contributed by atoms with E-state index in [1.807, 2.05) is 41.7 Å². The van der Waals surface area contributed by atoms with Gasteiger partial charge in [-0.05, 0) is 23.6 Å². The fourth-order valence-corrected chi connectivity index (χ4v) is 6.01. The summed E-state index contributed by atoms with van der Waals surface area (Å²) in [7, 11) is 0. The van der Waals surface area contributed by atoms with E-state index in [-0.39, 0.29) is 59.6 Å². The topological polar surface area (TPSA) is 149 Å². The Morgan fingerprint density at radius 2 is 1.19 bits per heavy atom. The summed E-state index contributed by atoms with van der Waals surface area (Å²) >= 11 is 3.82. The summed E-state index contributed by atoms with van der Waals surface area (Å²) in [6.45, 7) is 8.88. The average molecular weight is 783 g/mol. The van der Waals surface area contributed by atoms with Crippen molar-refractivity contribution < 1.29 is 69.6 Å². The molecular formula is C28H45GdN6O6S2. The Kier molecular flexibility index (Phi) is 22.3. The van der Waals surface area contributed by atoms with Gasteiger partial charge in [-0.2, -0.15) is 11.8 Å². The molecule has 1 radical (unpaired) electrons. The van der Waals surface area contributed by atoms with Gasteiger partial charge in [0.2, 0.25) is 0 Å². The van der Waals surface area contributed by atoms with Crippen LogP contribution in [0.2, 0.25) is 0 Å². The molecule has 0 bridgehead atoms. The maximum Gasteiger partial charge on any atom is 3.00 e. The Balaban J connectivity index is 0.00000924. The Bertz CT molecular complexity index is 936. The quantitative estimate of drug-likeness (QED) is 0.119. The molecule has 1 aromatic heterocycles. The van der Waals surface area contributed by atoms with Gasteiger partial charge in [0.25, 0.3) is 0 Å². The number of hydrogen-bond donors (Lipinski definition) is 0. The molecule has 0 atom stereocenters. The third-order valence-electron chi connectivity index (χ3n) is 6.86. The number of carboxylic acids is 3. The van der Waals surface area contributed by atoms with Gasteiger partial charge in [-0.25, -0.2) is 0 Å². The van der Waals surface area contributed by atoms with Crippen molar-refractivity contribution in [1.82, 2.24) is 29.5 Å². The zero-order chi connectivity index (χ0) is 30.7. The zero-order valence-corrected chi connectivity index (χ0v) is 29.2. The summed E-state index contributed by atoms with van der Waals surface area (Å²) in [6, 6.07) is 6.03. The molecule has 0 N–H and O–H groups in total.